The molecule has 0 aliphatic rings. The van der Waals surface area contributed by atoms with Crippen LogP contribution in [0.1, 0.15) is 15.9 Å². The lowest BCUT2D eigenvalue weighted by atomic mass is 10.1. The Bertz CT molecular complexity index is 913. The number of methoxy groups -OCH3 is 1. The monoisotopic (exact) mass is 407 g/mol. The molecule has 0 heterocycles. The highest BCUT2D eigenvalue weighted by atomic mass is 35.5. The average molecular weight is 409 g/mol. The van der Waals surface area contributed by atoms with Crippen LogP contribution in [-0.2, 0) is 14.8 Å². The summed E-state index contributed by atoms with van der Waals surface area (Å²) in [5.41, 5.74) is 1.04. The van der Waals surface area contributed by atoms with E-state index in [1.165, 1.54) is 25.3 Å². The standard InChI is InChI=1S/C15H12Cl3NO4S/c1-8-3-4-9(15(20)23-2)5-13(8)19-24(21,22)14-7-11(17)10(16)6-12(14)18/h3-7,19H,1-2H3. The van der Waals surface area contributed by atoms with Crippen molar-refractivity contribution in [2.75, 3.05) is 11.8 Å². The summed E-state index contributed by atoms with van der Waals surface area (Å²) in [4.78, 5) is 11.4. The molecular formula is C15H12Cl3NO4S. The molecule has 0 saturated carbocycles. The van der Waals surface area contributed by atoms with E-state index in [0.717, 1.165) is 6.07 Å². The second-order valence-corrected chi connectivity index (χ2v) is 7.70. The third-order valence-corrected chi connectivity index (χ3v) is 5.72. The van der Waals surface area contributed by atoms with E-state index in [1.807, 2.05) is 0 Å². The van der Waals surface area contributed by atoms with Crippen LogP contribution in [-0.4, -0.2) is 21.5 Å². The molecule has 2 aromatic carbocycles. The molecule has 0 aliphatic carbocycles. The third-order valence-electron chi connectivity index (χ3n) is 3.17. The molecule has 0 atom stereocenters. The van der Waals surface area contributed by atoms with Gasteiger partial charge < -0.3 is 4.74 Å². The molecule has 2 aromatic rings. The Morgan fingerprint density at radius 2 is 1.67 bits per heavy atom. The van der Waals surface area contributed by atoms with Crippen molar-refractivity contribution in [3.63, 3.8) is 0 Å². The van der Waals surface area contributed by atoms with Gasteiger partial charge in [0.05, 0.1) is 33.4 Å². The molecular weight excluding hydrogens is 397 g/mol. The van der Waals surface area contributed by atoms with Gasteiger partial charge in [-0.2, -0.15) is 0 Å². The molecule has 0 unspecified atom stereocenters. The van der Waals surface area contributed by atoms with Crippen molar-refractivity contribution in [1.82, 2.24) is 0 Å². The molecule has 0 radical (unpaired) electrons. The molecule has 0 fully saturated rings. The number of carbonyl (C=O) groups excluding carboxylic acids is 1. The predicted molar refractivity (Wildman–Crippen MR) is 94.8 cm³/mol. The van der Waals surface area contributed by atoms with Crippen molar-refractivity contribution in [3.05, 3.63) is 56.5 Å². The number of halogens is 3. The fourth-order valence-electron chi connectivity index (χ4n) is 1.89. The number of sulfonamides is 1. The van der Waals surface area contributed by atoms with Crippen LogP contribution in [0.5, 0.6) is 0 Å². The highest BCUT2D eigenvalue weighted by Crippen LogP contribution is 2.33. The molecule has 5 nitrogen and oxygen atoms in total. The third kappa shape index (κ3) is 3.95. The van der Waals surface area contributed by atoms with E-state index in [1.54, 1.807) is 13.0 Å². The van der Waals surface area contributed by atoms with Gasteiger partial charge in [-0.15, -0.1) is 0 Å². The minimum atomic E-state index is -4.03. The Labute approximate surface area is 154 Å². The SMILES string of the molecule is COC(=O)c1ccc(C)c(NS(=O)(=O)c2cc(Cl)c(Cl)cc2Cl)c1. The molecule has 0 amide bonds. The molecule has 128 valence electrons. The van der Waals surface area contributed by atoms with E-state index in [-0.39, 0.29) is 31.2 Å². The second kappa shape index (κ2) is 7.19. The molecule has 0 aliphatic heterocycles. The second-order valence-electron chi connectivity index (χ2n) is 4.82. The van der Waals surface area contributed by atoms with Crippen LogP contribution in [0, 0.1) is 6.92 Å². The van der Waals surface area contributed by atoms with E-state index < -0.39 is 16.0 Å². The Balaban J connectivity index is 2.47. The van der Waals surface area contributed by atoms with Crippen LogP contribution in [0.15, 0.2) is 35.2 Å². The Morgan fingerprint density at radius 3 is 2.29 bits per heavy atom. The van der Waals surface area contributed by atoms with E-state index in [4.69, 9.17) is 34.8 Å². The number of anilines is 1. The van der Waals surface area contributed by atoms with Crippen molar-refractivity contribution < 1.29 is 17.9 Å². The maximum atomic E-state index is 12.6. The summed E-state index contributed by atoms with van der Waals surface area (Å²) in [6.45, 7) is 1.69. The highest BCUT2D eigenvalue weighted by Gasteiger charge is 2.21. The van der Waals surface area contributed by atoms with Crippen LogP contribution in [0.2, 0.25) is 15.1 Å². The van der Waals surface area contributed by atoms with E-state index in [9.17, 15) is 13.2 Å². The van der Waals surface area contributed by atoms with E-state index in [0.29, 0.717) is 5.56 Å². The first-order chi connectivity index (χ1) is 11.2. The average Bonchev–Trinajstić information content (AvgIpc) is 2.51. The maximum Gasteiger partial charge on any atom is 0.337 e. The summed E-state index contributed by atoms with van der Waals surface area (Å²) in [6.07, 6.45) is 0. The van der Waals surface area contributed by atoms with Gasteiger partial charge in [0.25, 0.3) is 10.0 Å². The lowest BCUT2D eigenvalue weighted by molar-refractivity contribution is 0.0601. The maximum absolute atomic E-state index is 12.6. The van der Waals surface area contributed by atoms with Crippen molar-refractivity contribution >= 4 is 56.5 Å². The van der Waals surface area contributed by atoms with Crippen molar-refractivity contribution in [2.45, 2.75) is 11.8 Å². The van der Waals surface area contributed by atoms with Gasteiger partial charge >= 0.3 is 5.97 Å². The molecule has 0 bridgehead atoms. The summed E-state index contributed by atoms with van der Waals surface area (Å²) >= 11 is 17.6. The number of nitrogens with one attached hydrogen (secondary N) is 1. The molecule has 9 heteroatoms. The lowest BCUT2D eigenvalue weighted by Crippen LogP contribution is -2.15. The summed E-state index contributed by atoms with van der Waals surface area (Å²) in [7, 11) is -2.79. The summed E-state index contributed by atoms with van der Waals surface area (Å²) in [6, 6.07) is 6.92. The summed E-state index contributed by atoms with van der Waals surface area (Å²) in [5.74, 6) is -0.581. The summed E-state index contributed by atoms with van der Waals surface area (Å²) in [5, 5.41) is 0.129. The first-order valence-electron chi connectivity index (χ1n) is 6.52. The van der Waals surface area contributed by atoms with Crippen LogP contribution in [0.4, 0.5) is 5.69 Å². The fraction of sp³-hybridized carbons (Fsp3) is 0.133. The van der Waals surface area contributed by atoms with Crippen molar-refractivity contribution in [1.29, 1.82) is 0 Å². The molecule has 0 saturated heterocycles. The number of ether oxygens (including phenoxy) is 1. The van der Waals surface area contributed by atoms with Gasteiger partial charge in [-0.3, -0.25) is 4.72 Å². The van der Waals surface area contributed by atoms with Gasteiger partial charge in [0.1, 0.15) is 4.90 Å². The highest BCUT2D eigenvalue weighted by molar-refractivity contribution is 7.92. The van der Waals surface area contributed by atoms with Gasteiger partial charge in [-0.25, -0.2) is 13.2 Å². The minimum Gasteiger partial charge on any atom is -0.465 e. The van der Waals surface area contributed by atoms with Crippen LogP contribution in [0.3, 0.4) is 0 Å². The van der Waals surface area contributed by atoms with Crippen LogP contribution in [0.25, 0.3) is 0 Å². The van der Waals surface area contributed by atoms with Gasteiger partial charge in [0.15, 0.2) is 0 Å². The van der Waals surface area contributed by atoms with Gasteiger partial charge in [-0.1, -0.05) is 40.9 Å². The Morgan fingerprint density at radius 1 is 1.04 bits per heavy atom. The molecule has 2 rings (SSSR count). The van der Waals surface area contributed by atoms with Gasteiger partial charge in [-0.05, 0) is 36.8 Å². The van der Waals surface area contributed by atoms with E-state index in [2.05, 4.69) is 9.46 Å². The fourth-order valence-corrected chi connectivity index (χ4v) is 4.01. The predicted octanol–water partition coefficient (Wildman–Crippen LogP) is 4.54. The number of carbonyl (C=O) groups is 1. The van der Waals surface area contributed by atoms with Crippen LogP contribution >= 0.6 is 34.8 Å². The first-order valence-corrected chi connectivity index (χ1v) is 9.13. The molecule has 0 spiro atoms. The number of hydrogen-bond acceptors (Lipinski definition) is 4. The zero-order valence-electron chi connectivity index (χ0n) is 12.6. The van der Waals surface area contributed by atoms with E-state index >= 15 is 0 Å². The normalized spacial score (nSPS) is 11.2. The first kappa shape index (κ1) is 18.9. The van der Waals surface area contributed by atoms with Crippen LogP contribution < -0.4 is 4.72 Å². The Hall–Kier alpha value is -1.47. The topological polar surface area (TPSA) is 72.5 Å². The Kier molecular flexibility index (Phi) is 5.65. The van der Waals surface area contributed by atoms with Gasteiger partial charge in [0.2, 0.25) is 0 Å². The smallest absolute Gasteiger partial charge is 0.337 e. The summed E-state index contributed by atoms with van der Waals surface area (Å²) < 4.78 is 32.2. The largest absolute Gasteiger partial charge is 0.465 e. The zero-order valence-corrected chi connectivity index (χ0v) is 15.6. The van der Waals surface area contributed by atoms with Gasteiger partial charge in [0, 0.05) is 0 Å². The minimum absolute atomic E-state index is 0.0569. The number of esters is 1. The number of hydrogen-bond donors (Lipinski definition) is 1. The van der Waals surface area contributed by atoms with Crippen molar-refractivity contribution in [3.8, 4) is 0 Å². The molecule has 0 aromatic heterocycles. The quantitative estimate of drug-likeness (QED) is 0.595. The van der Waals surface area contributed by atoms with Crippen molar-refractivity contribution in [2.24, 2.45) is 0 Å². The zero-order chi connectivity index (χ0) is 18.1. The number of benzene rings is 2. The number of rotatable bonds is 4. The lowest BCUT2D eigenvalue weighted by Gasteiger charge is -2.13. The molecule has 1 N–H and O–H groups in total. The molecule has 24 heavy (non-hydrogen) atoms. The number of aryl methyl sites for hydroxylation is 1.